The number of halogens is 1. The fourth-order valence-corrected chi connectivity index (χ4v) is 2.74. The first kappa shape index (κ1) is 14.5. The van der Waals surface area contributed by atoms with E-state index in [1.54, 1.807) is 0 Å². The van der Waals surface area contributed by atoms with Gasteiger partial charge in [0, 0.05) is 24.5 Å². The van der Waals surface area contributed by atoms with Gasteiger partial charge in [-0.2, -0.15) is 11.8 Å². The van der Waals surface area contributed by atoms with E-state index in [0.717, 1.165) is 35.2 Å². The van der Waals surface area contributed by atoms with Gasteiger partial charge in [0.05, 0.1) is 11.4 Å². The molecule has 0 aliphatic carbocycles. The number of benzene rings is 1. The smallest absolute Gasteiger partial charge is 0.133 e. The zero-order valence-electron chi connectivity index (χ0n) is 11.4. The van der Waals surface area contributed by atoms with Crippen LogP contribution < -0.4 is 4.90 Å². The molecule has 0 atom stereocenters. The van der Waals surface area contributed by atoms with E-state index in [-0.39, 0.29) is 0 Å². The van der Waals surface area contributed by atoms with Crippen molar-refractivity contribution >= 4 is 40.1 Å². The molecule has 1 heterocycles. The van der Waals surface area contributed by atoms with E-state index in [0.29, 0.717) is 5.88 Å². The summed E-state index contributed by atoms with van der Waals surface area (Å²) < 4.78 is 0. The minimum atomic E-state index is 0.500. The summed E-state index contributed by atoms with van der Waals surface area (Å²) in [5.41, 5.74) is 2.13. The third-order valence-corrected chi connectivity index (χ3v) is 4.11. The Morgan fingerprint density at radius 1 is 1.32 bits per heavy atom. The van der Waals surface area contributed by atoms with E-state index in [1.807, 2.05) is 30.0 Å². The Morgan fingerprint density at radius 2 is 2.11 bits per heavy atom. The van der Waals surface area contributed by atoms with Crippen molar-refractivity contribution in [2.45, 2.75) is 12.3 Å². The van der Waals surface area contributed by atoms with Crippen LogP contribution in [0.15, 0.2) is 30.3 Å². The van der Waals surface area contributed by atoms with Gasteiger partial charge >= 0.3 is 0 Å². The highest BCUT2D eigenvalue weighted by Gasteiger charge is 2.10. The van der Waals surface area contributed by atoms with E-state index >= 15 is 0 Å². The van der Waals surface area contributed by atoms with Gasteiger partial charge < -0.3 is 4.90 Å². The summed E-state index contributed by atoms with van der Waals surface area (Å²) in [5, 5.41) is 1.15. The Hall–Kier alpha value is -0.930. The van der Waals surface area contributed by atoms with Crippen molar-refractivity contribution < 1.29 is 0 Å². The van der Waals surface area contributed by atoms with Gasteiger partial charge in [-0.05, 0) is 30.6 Å². The highest BCUT2D eigenvalue weighted by atomic mass is 35.5. The molecular formula is C15H19ClN2S. The Morgan fingerprint density at radius 3 is 2.84 bits per heavy atom. The van der Waals surface area contributed by atoms with Gasteiger partial charge in [-0.15, -0.1) is 11.6 Å². The van der Waals surface area contributed by atoms with Crippen LogP contribution in [-0.2, 0) is 5.88 Å². The second-order valence-electron chi connectivity index (χ2n) is 4.57. The molecule has 0 unspecified atom stereocenters. The molecule has 2 nitrogen and oxygen atoms in total. The predicted molar refractivity (Wildman–Crippen MR) is 87.6 cm³/mol. The van der Waals surface area contributed by atoms with E-state index in [4.69, 9.17) is 16.6 Å². The summed E-state index contributed by atoms with van der Waals surface area (Å²) in [6.07, 6.45) is 3.30. The molecule has 0 aliphatic rings. The Bertz CT molecular complexity index is 545. The van der Waals surface area contributed by atoms with Gasteiger partial charge in [0.25, 0.3) is 0 Å². The number of hydrogen-bond acceptors (Lipinski definition) is 3. The van der Waals surface area contributed by atoms with Crippen LogP contribution in [0.3, 0.4) is 0 Å². The molecule has 4 heteroatoms. The van der Waals surface area contributed by atoms with Crippen molar-refractivity contribution in [1.29, 1.82) is 0 Å². The zero-order chi connectivity index (χ0) is 13.7. The minimum absolute atomic E-state index is 0.500. The van der Waals surface area contributed by atoms with Crippen LogP contribution in [0.1, 0.15) is 12.0 Å². The topological polar surface area (TPSA) is 16.1 Å². The summed E-state index contributed by atoms with van der Waals surface area (Å²) in [5.74, 6) is 2.68. The number of alkyl halides is 1. The molecule has 2 aromatic rings. The average molecular weight is 295 g/mol. The lowest BCUT2D eigenvalue weighted by Gasteiger charge is -2.21. The standard InChI is InChI=1S/C15H19ClN2S/c1-18(8-5-9-19-2)15-13(11-16)10-12-6-3-4-7-14(12)17-15/h3-4,6-7,10H,5,8-9,11H2,1-2H3. The van der Waals surface area contributed by atoms with Gasteiger partial charge in [-0.25, -0.2) is 4.98 Å². The lowest BCUT2D eigenvalue weighted by molar-refractivity contribution is 0.842. The summed E-state index contributed by atoms with van der Waals surface area (Å²) in [7, 11) is 2.09. The molecule has 2 rings (SSSR count). The maximum Gasteiger partial charge on any atom is 0.133 e. The maximum absolute atomic E-state index is 6.07. The summed E-state index contributed by atoms with van der Waals surface area (Å²) in [6.45, 7) is 1.01. The molecular weight excluding hydrogens is 276 g/mol. The van der Waals surface area contributed by atoms with Crippen molar-refractivity contribution in [3.63, 3.8) is 0 Å². The number of aromatic nitrogens is 1. The Balaban J connectivity index is 2.29. The molecule has 1 aromatic carbocycles. The molecule has 0 bridgehead atoms. The number of para-hydroxylation sites is 1. The molecule has 0 radical (unpaired) electrons. The first-order chi connectivity index (χ1) is 9.26. The number of anilines is 1. The highest BCUT2D eigenvalue weighted by Crippen LogP contribution is 2.24. The first-order valence-corrected chi connectivity index (χ1v) is 8.34. The van der Waals surface area contributed by atoms with Gasteiger partial charge in [-0.1, -0.05) is 18.2 Å². The molecule has 1 aromatic heterocycles. The van der Waals surface area contributed by atoms with E-state index < -0.39 is 0 Å². The summed E-state index contributed by atoms with van der Waals surface area (Å²) in [4.78, 5) is 6.97. The van der Waals surface area contributed by atoms with Crippen LogP contribution in [0.2, 0.25) is 0 Å². The zero-order valence-corrected chi connectivity index (χ0v) is 13.0. The lowest BCUT2D eigenvalue weighted by atomic mass is 10.1. The van der Waals surface area contributed by atoms with E-state index in [1.165, 1.54) is 5.75 Å². The van der Waals surface area contributed by atoms with Gasteiger partial charge in [0.15, 0.2) is 0 Å². The molecule has 0 saturated heterocycles. The minimum Gasteiger partial charge on any atom is -0.359 e. The highest BCUT2D eigenvalue weighted by molar-refractivity contribution is 7.98. The van der Waals surface area contributed by atoms with Crippen molar-refractivity contribution in [1.82, 2.24) is 4.98 Å². The van der Waals surface area contributed by atoms with Crippen LogP contribution in [0.4, 0.5) is 5.82 Å². The molecule has 0 saturated carbocycles. The van der Waals surface area contributed by atoms with Crippen LogP contribution in [0.5, 0.6) is 0 Å². The number of fused-ring (bicyclic) bond motifs is 1. The molecule has 19 heavy (non-hydrogen) atoms. The van der Waals surface area contributed by atoms with Crippen molar-refractivity contribution in [2.75, 3.05) is 30.5 Å². The molecule has 0 amide bonds. The third-order valence-electron chi connectivity index (χ3n) is 3.13. The maximum atomic E-state index is 6.07. The van der Waals surface area contributed by atoms with Crippen molar-refractivity contribution in [3.05, 3.63) is 35.9 Å². The fourth-order valence-electron chi connectivity index (χ4n) is 2.13. The molecule has 0 spiro atoms. The molecule has 0 N–H and O–H groups in total. The predicted octanol–water partition coefficient (Wildman–Crippen LogP) is 4.16. The molecule has 0 fully saturated rings. The van der Waals surface area contributed by atoms with Crippen LogP contribution >= 0.6 is 23.4 Å². The summed E-state index contributed by atoms with van der Waals surface area (Å²) in [6, 6.07) is 10.3. The van der Waals surface area contributed by atoms with Crippen LogP contribution in [-0.4, -0.2) is 30.6 Å². The molecule has 0 aliphatic heterocycles. The average Bonchev–Trinajstić information content (AvgIpc) is 2.46. The van der Waals surface area contributed by atoms with Crippen molar-refractivity contribution in [2.24, 2.45) is 0 Å². The summed E-state index contributed by atoms with van der Waals surface area (Å²) >= 11 is 7.95. The second-order valence-corrected chi connectivity index (χ2v) is 5.82. The van der Waals surface area contributed by atoms with Gasteiger partial charge in [-0.3, -0.25) is 0 Å². The largest absolute Gasteiger partial charge is 0.359 e. The number of pyridine rings is 1. The number of hydrogen-bond donors (Lipinski definition) is 0. The third kappa shape index (κ3) is 3.54. The quantitative estimate of drug-likeness (QED) is 0.588. The number of nitrogens with zero attached hydrogens (tertiary/aromatic N) is 2. The van der Waals surface area contributed by atoms with E-state index in [9.17, 15) is 0 Å². The normalized spacial score (nSPS) is 10.9. The van der Waals surface area contributed by atoms with Crippen molar-refractivity contribution in [3.8, 4) is 0 Å². The van der Waals surface area contributed by atoms with E-state index in [2.05, 4.69) is 30.3 Å². The van der Waals surface area contributed by atoms with Crippen LogP contribution in [0.25, 0.3) is 10.9 Å². The molecule has 102 valence electrons. The fraction of sp³-hybridized carbons (Fsp3) is 0.400. The Kier molecular flexibility index (Phi) is 5.34. The monoisotopic (exact) mass is 294 g/mol. The van der Waals surface area contributed by atoms with Gasteiger partial charge in [0.2, 0.25) is 0 Å². The number of rotatable bonds is 6. The Labute approximate surface area is 124 Å². The second kappa shape index (κ2) is 7.01. The van der Waals surface area contributed by atoms with Gasteiger partial charge in [0.1, 0.15) is 5.82 Å². The number of thioether (sulfide) groups is 1. The van der Waals surface area contributed by atoms with Crippen LogP contribution in [0, 0.1) is 0 Å². The first-order valence-electron chi connectivity index (χ1n) is 6.41. The lowest BCUT2D eigenvalue weighted by Crippen LogP contribution is -2.21. The SMILES string of the molecule is CSCCCN(C)c1nc2ccccc2cc1CCl.